The largest absolute Gasteiger partial charge is 0.473 e. The normalized spacial score (nSPS) is 23.0. The Morgan fingerprint density at radius 3 is 2.29 bits per heavy atom. The Morgan fingerprint density at radius 1 is 1.00 bits per heavy atom. The minimum Gasteiger partial charge on any atom is -0.473 e. The van der Waals surface area contributed by atoms with Gasteiger partial charge in [0.1, 0.15) is 11.4 Å². The summed E-state index contributed by atoms with van der Waals surface area (Å²) < 4.78 is 27.5. The zero-order valence-corrected chi connectivity index (χ0v) is 18.3. The van der Waals surface area contributed by atoms with Crippen molar-refractivity contribution in [3.05, 3.63) is 36.4 Å². The number of aryl methyl sites for hydroxylation is 1. The van der Waals surface area contributed by atoms with Gasteiger partial charge in [-0.25, -0.2) is 4.98 Å². The van der Waals surface area contributed by atoms with Crippen LogP contribution in [0.4, 0.5) is 0 Å². The lowest BCUT2D eigenvalue weighted by molar-refractivity contribution is -0.186. The number of carbonyl (C=O) groups is 3. The average molecular weight is 449 g/mol. The van der Waals surface area contributed by atoms with Crippen LogP contribution in [0.25, 0.3) is 11.3 Å². The molecule has 0 spiro atoms. The van der Waals surface area contributed by atoms with E-state index in [2.05, 4.69) is 4.98 Å². The first-order valence-corrected chi connectivity index (χ1v) is 10.6. The van der Waals surface area contributed by atoms with Crippen LogP contribution in [0.1, 0.15) is 26.5 Å². The molecule has 0 bridgehead atoms. The van der Waals surface area contributed by atoms with E-state index in [-0.39, 0.29) is 5.75 Å². The summed E-state index contributed by atoms with van der Waals surface area (Å²) in [5.41, 5.74) is 1.32. The van der Waals surface area contributed by atoms with Gasteiger partial charge in [0.25, 0.3) is 0 Å². The van der Waals surface area contributed by atoms with E-state index in [0.29, 0.717) is 11.4 Å². The zero-order chi connectivity index (χ0) is 22.5. The molecule has 31 heavy (non-hydrogen) atoms. The molecule has 9 nitrogen and oxygen atoms in total. The maximum Gasteiger partial charge on any atom is 0.303 e. The Labute approximate surface area is 183 Å². The molecular weight excluding hydrogens is 426 g/mol. The van der Waals surface area contributed by atoms with Crippen LogP contribution in [0.2, 0.25) is 0 Å². The lowest BCUT2D eigenvalue weighted by atomic mass is 10.1. The van der Waals surface area contributed by atoms with E-state index >= 15 is 0 Å². The van der Waals surface area contributed by atoms with Crippen molar-refractivity contribution in [2.24, 2.45) is 0 Å². The molecule has 0 saturated carbocycles. The molecule has 1 saturated heterocycles. The van der Waals surface area contributed by atoms with E-state index in [0.717, 1.165) is 11.3 Å². The number of ether oxygens (including phenoxy) is 4. The molecule has 3 heterocycles. The van der Waals surface area contributed by atoms with Crippen molar-refractivity contribution in [2.45, 2.75) is 51.4 Å². The molecule has 0 unspecified atom stereocenters. The van der Waals surface area contributed by atoms with E-state index in [9.17, 15) is 14.4 Å². The lowest BCUT2D eigenvalue weighted by Crippen LogP contribution is -2.55. The van der Waals surface area contributed by atoms with E-state index < -0.39 is 41.7 Å². The zero-order valence-electron chi connectivity index (χ0n) is 17.5. The van der Waals surface area contributed by atoms with Crippen LogP contribution in [0, 0.1) is 6.92 Å². The number of nitrogens with zero attached hydrogens (tertiary/aromatic N) is 1. The fourth-order valence-electron chi connectivity index (χ4n) is 3.18. The van der Waals surface area contributed by atoms with Crippen LogP contribution in [-0.2, 0) is 28.6 Å². The second-order valence-corrected chi connectivity index (χ2v) is 8.06. The quantitative estimate of drug-likeness (QED) is 0.482. The molecule has 0 N–H and O–H groups in total. The first kappa shape index (κ1) is 22.7. The number of thioether (sulfide) groups is 1. The Balaban J connectivity index is 1.93. The summed E-state index contributed by atoms with van der Waals surface area (Å²) in [4.78, 5) is 39.6. The lowest BCUT2D eigenvalue weighted by Gasteiger charge is -2.40. The molecule has 1 fully saturated rings. The van der Waals surface area contributed by atoms with Crippen molar-refractivity contribution >= 4 is 29.7 Å². The molecule has 1 aliphatic heterocycles. The molecule has 0 aromatic carbocycles. The summed E-state index contributed by atoms with van der Waals surface area (Å²) in [7, 11) is 0. The Kier molecular flexibility index (Phi) is 7.21. The summed E-state index contributed by atoms with van der Waals surface area (Å²) in [6.45, 7) is 5.58. The van der Waals surface area contributed by atoms with Gasteiger partial charge >= 0.3 is 17.9 Å². The van der Waals surface area contributed by atoms with Crippen LogP contribution in [0.3, 0.4) is 0 Å². The molecule has 10 heteroatoms. The van der Waals surface area contributed by atoms with Gasteiger partial charge in [-0.15, -0.1) is 11.8 Å². The number of carbonyl (C=O) groups excluding carboxylic acids is 3. The van der Waals surface area contributed by atoms with E-state index in [1.165, 1.54) is 38.8 Å². The van der Waals surface area contributed by atoms with Crippen molar-refractivity contribution in [2.75, 3.05) is 5.75 Å². The monoisotopic (exact) mass is 449 g/mol. The third-order valence-corrected chi connectivity index (χ3v) is 5.55. The van der Waals surface area contributed by atoms with Crippen molar-refractivity contribution < 1.29 is 37.7 Å². The minimum absolute atomic E-state index is 0.278. The number of esters is 3. The molecule has 0 radical (unpaired) electrons. The standard InChI is InChI=1S/C21H23NO8S/c1-11-5-6-16(18(22-11)15-7-8-26-9-15)30-21-20(29-14(4)25)19(28-13(3)24)17(10-31-21)27-12(2)23/h5-9,17,19-21H,10H2,1-4H3/t17-,19+,20-,21+/m1/s1. The molecule has 3 rings (SSSR count). The Hall–Kier alpha value is -3.01. The topological polar surface area (TPSA) is 114 Å². The molecule has 2 aromatic rings. The van der Waals surface area contributed by atoms with Crippen LogP contribution < -0.4 is 4.74 Å². The molecule has 1 aliphatic rings. The highest BCUT2D eigenvalue weighted by Crippen LogP contribution is 2.37. The van der Waals surface area contributed by atoms with E-state index in [1.54, 1.807) is 24.5 Å². The average Bonchev–Trinajstić information content (AvgIpc) is 3.21. The maximum absolute atomic E-state index is 11.8. The number of aromatic nitrogens is 1. The van der Waals surface area contributed by atoms with Crippen LogP contribution >= 0.6 is 11.8 Å². The van der Waals surface area contributed by atoms with Gasteiger partial charge in [-0.05, 0) is 25.1 Å². The van der Waals surface area contributed by atoms with Gasteiger partial charge in [-0.1, -0.05) is 0 Å². The fraction of sp³-hybridized carbons (Fsp3) is 0.429. The second kappa shape index (κ2) is 9.86. The van der Waals surface area contributed by atoms with Crippen molar-refractivity contribution in [1.29, 1.82) is 0 Å². The van der Waals surface area contributed by atoms with Crippen molar-refractivity contribution in [3.63, 3.8) is 0 Å². The number of furan rings is 1. The number of rotatable bonds is 6. The Morgan fingerprint density at radius 2 is 1.68 bits per heavy atom. The summed E-state index contributed by atoms with van der Waals surface area (Å²) in [5.74, 6) is -0.999. The van der Waals surface area contributed by atoms with Crippen molar-refractivity contribution in [1.82, 2.24) is 4.98 Å². The number of pyridine rings is 1. The second-order valence-electron chi connectivity index (χ2n) is 6.93. The van der Waals surface area contributed by atoms with E-state index in [4.69, 9.17) is 23.4 Å². The SMILES string of the molecule is CC(=O)O[C@@H]1[C@@H](OC(C)=O)[C@@H](Oc2ccc(C)nc2-c2ccoc2)SC[C@H]1OC(C)=O. The smallest absolute Gasteiger partial charge is 0.303 e. The van der Waals surface area contributed by atoms with Gasteiger partial charge in [0.15, 0.2) is 23.7 Å². The first-order valence-electron chi connectivity index (χ1n) is 9.54. The van der Waals surface area contributed by atoms with Gasteiger partial charge in [0.05, 0.1) is 12.5 Å². The minimum atomic E-state index is -1.02. The predicted molar refractivity (Wildman–Crippen MR) is 110 cm³/mol. The van der Waals surface area contributed by atoms with Gasteiger partial charge < -0.3 is 23.4 Å². The highest BCUT2D eigenvalue weighted by Gasteiger charge is 2.47. The van der Waals surface area contributed by atoms with Crippen LogP contribution in [0.5, 0.6) is 5.75 Å². The van der Waals surface area contributed by atoms with Crippen LogP contribution in [-0.4, -0.2) is 52.4 Å². The molecule has 0 aliphatic carbocycles. The molecular formula is C21H23NO8S. The molecule has 0 amide bonds. The van der Waals surface area contributed by atoms with E-state index in [1.807, 2.05) is 6.92 Å². The van der Waals surface area contributed by atoms with Crippen LogP contribution in [0.15, 0.2) is 35.1 Å². The highest BCUT2D eigenvalue weighted by atomic mass is 32.2. The summed E-state index contributed by atoms with van der Waals surface area (Å²) in [6.07, 6.45) is 0.251. The molecule has 4 atom stereocenters. The summed E-state index contributed by atoms with van der Waals surface area (Å²) in [5, 5.41) is 0. The highest BCUT2D eigenvalue weighted by molar-refractivity contribution is 7.99. The van der Waals surface area contributed by atoms with Gasteiger partial charge in [0, 0.05) is 37.8 Å². The maximum atomic E-state index is 11.8. The molecule has 2 aromatic heterocycles. The molecule has 166 valence electrons. The summed E-state index contributed by atoms with van der Waals surface area (Å²) >= 11 is 1.28. The predicted octanol–water partition coefficient (Wildman–Crippen LogP) is 2.90. The first-order chi connectivity index (χ1) is 14.7. The van der Waals surface area contributed by atoms with Gasteiger partial charge in [0.2, 0.25) is 0 Å². The van der Waals surface area contributed by atoms with Gasteiger partial charge in [-0.2, -0.15) is 0 Å². The third-order valence-electron chi connectivity index (χ3n) is 4.34. The van der Waals surface area contributed by atoms with Crippen molar-refractivity contribution in [3.8, 4) is 17.0 Å². The van der Waals surface area contributed by atoms with Gasteiger partial charge in [-0.3, -0.25) is 14.4 Å². The third kappa shape index (κ3) is 5.78. The number of hydrogen-bond acceptors (Lipinski definition) is 10. The fourth-order valence-corrected chi connectivity index (χ4v) is 4.39. The number of hydrogen-bond donors (Lipinski definition) is 0. The Bertz CT molecular complexity index is 945. The summed E-state index contributed by atoms with van der Waals surface area (Å²) in [6, 6.07) is 5.30.